The SMILES string of the molecule is COCOc1ccc2c(c1OCOC)C1CCC3(C)CCCC3C1CC2O. The largest absolute Gasteiger partial charge is 0.464 e. The van der Waals surface area contributed by atoms with Crippen molar-refractivity contribution in [2.75, 3.05) is 27.8 Å². The summed E-state index contributed by atoms with van der Waals surface area (Å²) in [7, 11) is 3.23. The lowest BCUT2D eigenvalue weighted by atomic mass is 9.55. The minimum Gasteiger partial charge on any atom is -0.464 e. The molecule has 5 nitrogen and oxygen atoms in total. The van der Waals surface area contributed by atoms with Crippen LogP contribution in [0.3, 0.4) is 0 Å². The van der Waals surface area contributed by atoms with E-state index in [4.69, 9.17) is 18.9 Å². The van der Waals surface area contributed by atoms with E-state index >= 15 is 0 Å². The number of methoxy groups -OCH3 is 2. The quantitative estimate of drug-likeness (QED) is 0.746. The molecule has 150 valence electrons. The van der Waals surface area contributed by atoms with Crippen LogP contribution >= 0.6 is 0 Å². The molecule has 3 aliphatic rings. The Balaban J connectivity index is 1.76. The first kappa shape index (κ1) is 19.0. The van der Waals surface area contributed by atoms with Crippen molar-refractivity contribution in [2.45, 2.75) is 57.5 Å². The highest BCUT2D eigenvalue weighted by Gasteiger charge is 2.52. The van der Waals surface area contributed by atoms with E-state index in [9.17, 15) is 5.11 Å². The second kappa shape index (κ2) is 7.61. The Morgan fingerprint density at radius 1 is 1.07 bits per heavy atom. The van der Waals surface area contributed by atoms with Crippen LogP contribution < -0.4 is 9.47 Å². The van der Waals surface area contributed by atoms with Crippen LogP contribution in [0.5, 0.6) is 11.5 Å². The van der Waals surface area contributed by atoms with E-state index in [1.54, 1.807) is 14.2 Å². The number of benzene rings is 1. The molecule has 27 heavy (non-hydrogen) atoms. The molecule has 0 bridgehead atoms. The summed E-state index contributed by atoms with van der Waals surface area (Å²) in [6.07, 6.45) is 6.75. The van der Waals surface area contributed by atoms with Gasteiger partial charge in [0.1, 0.15) is 0 Å². The van der Waals surface area contributed by atoms with Crippen LogP contribution in [-0.4, -0.2) is 32.9 Å². The van der Waals surface area contributed by atoms with Gasteiger partial charge < -0.3 is 24.1 Å². The topological polar surface area (TPSA) is 57.2 Å². The molecule has 5 atom stereocenters. The number of hydrogen-bond donors (Lipinski definition) is 1. The normalized spacial score (nSPS) is 34.5. The van der Waals surface area contributed by atoms with Gasteiger partial charge >= 0.3 is 0 Å². The van der Waals surface area contributed by atoms with Gasteiger partial charge in [-0.05, 0) is 66.9 Å². The second-order valence-electron chi connectivity index (χ2n) is 8.71. The fourth-order valence-corrected chi connectivity index (χ4v) is 6.12. The van der Waals surface area contributed by atoms with Gasteiger partial charge in [-0.1, -0.05) is 19.4 Å². The molecule has 1 aromatic rings. The predicted octanol–water partition coefficient (Wildman–Crippen LogP) is 4.39. The van der Waals surface area contributed by atoms with Gasteiger partial charge in [-0.15, -0.1) is 0 Å². The summed E-state index contributed by atoms with van der Waals surface area (Å²) in [6, 6.07) is 3.89. The fraction of sp³-hybridized carbons (Fsp3) is 0.727. The van der Waals surface area contributed by atoms with Crippen LogP contribution in [0, 0.1) is 17.3 Å². The molecule has 4 rings (SSSR count). The van der Waals surface area contributed by atoms with E-state index in [2.05, 4.69) is 6.92 Å². The van der Waals surface area contributed by atoms with Crippen molar-refractivity contribution >= 4 is 0 Å². The van der Waals surface area contributed by atoms with Crippen molar-refractivity contribution in [3.8, 4) is 11.5 Å². The van der Waals surface area contributed by atoms with Crippen LogP contribution in [0.25, 0.3) is 0 Å². The van der Waals surface area contributed by atoms with Crippen LogP contribution in [0.1, 0.15) is 68.6 Å². The number of hydrogen-bond acceptors (Lipinski definition) is 5. The summed E-state index contributed by atoms with van der Waals surface area (Å²) in [6.45, 7) is 2.79. The van der Waals surface area contributed by atoms with Gasteiger partial charge in [0.15, 0.2) is 25.1 Å². The molecule has 3 aliphatic carbocycles. The van der Waals surface area contributed by atoms with Crippen molar-refractivity contribution in [3.63, 3.8) is 0 Å². The van der Waals surface area contributed by atoms with Crippen LogP contribution in [0.4, 0.5) is 0 Å². The van der Waals surface area contributed by atoms with Crippen molar-refractivity contribution in [1.29, 1.82) is 0 Å². The summed E-state index contributed by atoms with van der Waals surface area (Å²) in [5, 5.41) is 11.0. The number of fused-ring (bicyclic) bond motifs is 5. The monoisotopic (exact) mass is 376 g/mol. The first-order chi connectivity index (χ1) is 13.1. The van der Waals surface area contributed by atoms with E-state index in [-0.39, 0.29) is 13.6 Å². The number of rotatable bonds is 6. The highest BCUT2D eigenvalue weighted by molar-refractivity contribution is 5.55. The van der Waals surface area contributed by atoms with E-state index in [1.165, 1.54) is 25.7 Å². The van der Waals surface area contributed by atoms with Crippen molar-refractivity contribution < 1.29 is 24.1 Å². The summed E-state index contributed by atoms with van der Waals surface area (Å²) in [5.41, 5.74) is 2.57. The predicted molar refractivity (Wildman–Crippen MR) is 102 cm³/mol. The molecular weight excluding hydrogens is 344 g/mol. The summed E-state index contributed by atoms with van der Waals surface area (Å²) < 4.78 is 22.0. The molecule has 0 amide bonds. The Labute approximate surface area is 162 Å². The Morgan fingerprint density at radius 3 is 2.63 bits per heavy atom. The van der Waals surface area contributed by atoms with Crippen molar-refractivity contribution in [1.82, 2.24) is 0 Å². The third-order valence-corrected chi connectivity index (χ3v) is 7.29. The number of aliphatic hydroxyl groups is 1. The summed E-state index contributed by atoms with van der Waals surface area (Å²) in [4.78, 5) is 0. The lowest BCUT2D eigenvalue weighted by Gasteiger charge is -2.50. The van der Waals surface area contributed by atoms with Crippen LogP contribution in [-0.2, 0) is 9.47 Å². The van der Waals surface area contributed by atoms with E-state index in [0.29, 0.717) is 28.9 Å². The molecular formula is C22H32O5. The number of aliphatic hydroxyl groups excluding tert-OH is 1. The first-order valence-electron chi connectivity index (χ1n) is 10.2. The second-order valence-corrected chi connectivity index (χ2v) is 8.71. The molecule has 0 heterocycles. The molecule has 0 radical (unpaired) electrons. The maximum atomic E-state index is 11.0. The van der Waals surface area contributed by atoms with Gasteiger partial charge in [-0.3, -0.25) is 0 Å². The molecule has 5 unspecified atom stereocenters. The average molecular weight is 376 g/mol. The zero-order valence-corrected chi connectivity index (χ0v) is 16.7. The lowest BCUT2D eigenvalue weighted by Crippen LogP contribution is -2.40. The Kier molecular flexibility index (Phi) is 5.36. The van der Waals surface area contributed by atoms with E-state index < -0.39 is 6.10 Å². The van der Waals surface area contributed by atoms with Gasteiger partial charge in [-0.25, -0.2) is 0 Å². The molecule has 5 heteroatoms. The molecule has 1 N–H and O–H groups in total. The summed E-state index contributed by atoms with van der Waals surface area (Å²) in [5.74, 6) is 3.01. The Bertz CT molecular complexity index is 675. The maximum absolute atomic E-state index is 11.0. The third kappa shape index (κ3) is 3.24. The van der Waals surface area contributed by atoms with Crippen LogP contribution in [0.15, 0.2) is 12.1 Å². The first-order valence-corrected chi connectivity index (χ1v) is 10.2. The van der Waals surface area contributed by atoms with Gasteiger partial charge in [0.05, 0.1) is 6.10 Å². The standard InChI is InChI=1S/C22H32O5/c1-22-9-4-5-17(22)16-11-18(23)15-6-7-19(26-12-24-2)21(27-13-25-3)20(15)14(16)8-10-22/h6-7,14,16-18,23H,4-5,8-13H2,1-3H3. The van der Waals surface area contributed by atoms with Gasteiger partial charge in [-0.2, -0.15) is 0 Å². The highest BCUT2D eigenvalue weighted by Crippen LogP contribution is 2.63. The third-order valence-electron chi connectivity index (χ3n) is 7.29. The average Bonchev–Trinajstić information content (AvgIpc) is 3.07. The van der Waals surface area contributed by atoms with Gasteiger partial charge in [0.2, 0.25) is 0 Å². The molecule has 2 fully saturated rings. The zero-order valence-electron chi connectivity index (χ0n) is 16.7. The molecule has 0 saturated heterocycles. The van der Waals surface area contributed by atoms with Crippen LogP contribution in [0.2, 0.25) is 0 Å². The summed E-state index contributed by atoms with van der Waals surface area (Å²) >= 11 is 0. The minimum absolute atomic E-state index is 0.161. The zero-order chi connectivity index (χ0) is 19.0. The molecule has 0 aromatic heterocycles. The molecule has 2 saturated carbocycles. The minimum atomic E-state index is -0.439. The Hall–Kier alpha value is -1.30. The van der Waals surface area contributed by atoms with E-state index in [1.807, 2.05) is 12.1 Å². The Morgan fingerprint density at radius 2 is 1.85 bits per heavy atom. The maximum Gasteiger partial charge on any atom is 0.188 e. The van der Waals surface area contributed by atoms with Crippen molar-refractivity contribution in [3.05, 3.63) is 23.3 Å². The molecule has 0 spiro atoms. The smallest absolute Gasteiger partial charge is 0.188 e. The van der Waals surface area contributed by atoms with Crippen molar-refractivity contribution in [2.24, 2.45) is 17.3 Å². The molecule has 1 aromatic carbocycles. The molecule has 0 aliphatic heterocycles. The lowest BCUT2D eigenvalue weighted by molar-refractivity contribution is 0.00998. The van der Waals surface area contributed by atoms with E-state index in [0.717, 1.165) is 29.7 Å². The highest BCUT2D eigenvalue weighted by atomic mass is 16.7. The fourth-order valence-electron chi connectivity index (χ4n) is 6.12. The van der Waals surface area contributed by atoms with Gasteiger partial charge in [0, 0.05) is 19.8 Å². The van der Waals surface area contributed by atoms with Gasteiger partial charge in [0.25, 0.3) is 0 Å². The number of ether oxygens (including phenoxy) is 4.